The molecule has 0 saturated carbocycles. The summed E-state index contributed by atoms with van der Waals surface area (Å²) in [5.41, 5.74) is -3.14. The highest BCUT2D eigenvalue weighted by Crippen LogP contribution is 2.66. The van der Waals surface area contributed by atoms with Crippen LogP contribution in [0, 0.1) is 17.8 Å². The van der Waals surface area contributed by atoms with E-state index >= 15 is 0 Å². The second-order valence-corrected chi connectivity index (χ2v) is 11.6. The molecule has 2 rings (SSSR count). The maximum Gasteiger partial charge on any atom is 0.490 e. The van der Waals surface area contributed by atoms with E-state index in [9.17, 15) is 33.4 Å². The van der Waals surface area contributed by atoms with E-state index in [0.29, 0.717) is 0 Å². The SMILES string of the molecule is C#CC1(C)[C@@H](O)[C@@](C)(COP(=O)(O)OP(=O)(O)OP(=O)(O)O)O[C@H]1N1C=CC(=C)NC1=O. The zero-order valence-corrected chi connectivity index (χ0v) is 19.3. The average molecular weight is 518 g/mol. The molecule has 180 valence electrons. The zero-order chi connectivity index (χ0) is 24.8. The van der Waals surface area contributed by atoms with Gasteiger partial charge in [-0.3, -0.25) is 9.42 Å². The van der Waals surface area contributed by atoms with Crippen LogP contribution in [0.15, 0.2) is 24.6 Å². The van der Waals surface area contributed by atoms with Gasteiger partial charge in [-0.15, -0.1) is 6.42 Å². The third-order valence-electron chi connectivity index (χ3n) is 4.47. The molecule has 2 aliphatic rings. The van der Waals surface area contributed by atoms with Crippen LogP contribution in [0.4, 0.5) is 4.79 Å². The number of rotatable bonds is 8. The molecule has 1 saturated heterocycles. The van der Waals surface area contributed by atoms with Gasteiger partial charge in [0.15, 0.2) is 6.23 Å². The Balaban J connectivity index is 2.22. The van der Waals surface area contributed by atoms with Crippen LogP contribution < -0.4 is 5.32 Å². The van der Waals surface area contributed by atoms with Crippen molar-refractivity contribution in [1.29, 1.82) is 0 Å². The third kappa shape index (κ3) is 5.95. The van der Waals surface area contributed by atoms with Crippen LogP contribution in [-0.4, -0.2) is 60.2 Å². The summed E-state index contributed by atoms with van der Waals surface area (Å²) >= 11 is 0. The lowest BCUT2D eigenvalue weighted by molar-refractivity contribution is -0.119. The average Bonchev–Trinajstić information content (AvgIpc) is 2.80. The van der Waals surface area contributed by atoms with Crippen molar-refractivity contribution in [3.8, 4) is 12.3 Å². The van der Waals surface area contributed by atoms with E-state index in [2.05, 4.69) is 31.0 Å². The molecule has 0 aromatic heterocycles. The summed E-state index contributed by atoms with van der Waals surface area (Å²) in [5, 5.41) is 13.2. The van der Waals surface area contributed by atoms with Crippen LogP contribution in [0.5, 0.6) is 0 Å². The molecule has 6 atom stereocenters. The van der Waals surface area contributed by atoms with Crippen molar-refractivity contribution in [3.63, 3.8) is 0 Å². The van der Waals surface area contributed by atoms with Crippen LogP contribution >= 0.6 is 23.5 Å². The van der Waals surface area contributed by atoms with Crippen molar-refractivity contribution in [1.82, 2.24) is 10.2 Å². The summed E-state index contributed by atoms with van der Waals surface area (Å²) in [6.45, 7) is 5.18. The van der Waals surface area contributed by atoms with Gasteiger partial charge in [-0.1, -0.05) is 12.5 Å². The topological polar surface area (TPSA) is 222 Å². The second-order valence-electron chi connectivity index (χ2n) is 7.16. The Kier molecular flexibility index (Phi) is 7.37. The monoisotopic (exact) mass is 518 g/mol. The number of terminal acetylenes is 1. The second kappa shape index (κ2) is 8.77. The molecule has 2 aliphatic heterocycles. The smallest absolute Gasteiger partial charge is 0.388 e. The molecule has 0 radical (unpaired) electrons. The number of nitrogens with zero attached hydrogens (tertiary/aromatic N) is 1. The van der Waals surface area contributed by atoms with Crippen LogP contribution in [-0.2, 0) is 31.6 Å². The molecule has 3 unspecified atom stereocenters. The number of hydrogen-bond donors (Lipinski definition) is 6. The number of nitrogens with one attached hydrogen (secondary N) is 1. The Bertz CT molecular complexity index is 1020. The molecule has 0 bridgehead atoms. The summed E-state index contributed by atoms with van der Waals surface area (Å²) in [7, 11) is -16.8. The van der Waals surface area contributed by atoms with Crippen LogP contribution in [0.25, 0.3) is 0 Å². The number of hydrogen-bond acceptors (Lipinski definition) is 9. The predicted molar refractivity (Wildman–Crippen MR) is 105 cm³/mol. The number of aliphatic hydroxyl groups excluding tert-OH is 1. The van der Waals surface area contributed by atoms with E-state index in [0.717, 1.165) is 4.90 Å². The van der Waals surface area contributed by atoms with Crippen molar-refractivity contribution < 1.29 is 61.1 Å². The zero-order valence-electron chi connectivity index (χ0n) is 16.6. The van der Waals surface area contributed by atoms with Crippen molar-refractivity contribution >= 4 is 29.5 Å². The van der Waals surface area contributed by atoms with Gasteiger partial charge >= 0.3 is 29.5 Å². The summed E-state index contributed by atoms with van der Waals surface area (Å²) in [5.74, 6) is 2.32. The molecule has 0 spiro atoms. The van der Waals surface area contributed by atoms with Gasteiger partial charge in [0.1, 0.15) is 17.1 Å². The molecule has 1 fully saturated rings. The molecule has 15 nitrogen and oxygen atoms in total. The minimum atomic E-state index is -5.73. The fraction of sp³-hybridized carbons (Fsp3) is 0.500. The molecule has 2 amide bonds. The maximum atomic E-state index is 12.3. The lowest BCUT2D eigenvalue weighted by Gasteiger charge is -2.35. The van der Waals surface area contributed by atoms with E-state index in [1.54, 1.807) is 0 Å². The first kappa shape index (κ1) is 26.9. The first-order valence-electron chi connectivity index (χ1n) is 8.43. The van der Waals surface area contributed by atoms with Crippen LogP contribution in [0.2, 0.25) is 0 Å². The molecular weight excluding hydrogens is 497 g/mol. The standard InChI is InChI=1S/C14H21N2O13P3/c1-5-13(3)10(17)14(4,27-11(13)16-7-6-9(2)15-12(16)18)8-26-31(22,23)29-32(24,25)28-30(19,20)21/h1,6-7,10-11,17H,2,8H2,3-4H3,(H,15,18)(H,22,23)(H,24,25)(H2,19,20,21)/t10-,11-,13?,14-/m1/s1. The van der Waals surface area contributed by atoms with Gasteiger partial charge in [0, 0.05) is 11.9 Å². The highest BCUT2D eigenvalue weighted by atomic mass is 31.3. The van der Waals surface area contributed by atoms with E-state index in [1.165, 1.54) is 26.1 Å². The normalized spacial score (nSPS) is 34.5. The molecule has 32 heavy (non-hydrogen) atoms. The van der Waals surface area contributed by atoms with Crippen molar-refractivity contribution in [2.24, 2.45) is 5.41 Å². The van der Waals surface area contributed by atoms with Crippen LogP contribution in [0.3, 0.4) is 0 Å². The Morgan fingerprint density at radius 3 is 2.34 bits per heavy atom. The largest absolute Gasteiger partial charge is 0.490 e. The Morgan fingerprint density at radius 1 is 1.25 bits per heavy atom. The Hall–Kier alpha value is -1.36. The molecule has 0 aromatic rings. The molecule has 6 N–H and O–H groups in total. The fourth-order valence-electron chi connectivity index (χ4n) is 3.00. The number of aliphatic hydroxyl groups is 1. The first-order chi connectivity index (χ1) is 14.3. The number of carbonyl (C=O) groups is 1. The summed E-state index contributed by atoms with van der Waals surface area (Å²) < 4.78 is 51.7. The molecule has 0 aromatic carbocycles. The number of amides is 2. The number of allylic oxidation sites excluding steroid dienone is 1. The summed E-state index contributed by atoms with van der Waals surface area (Å²) in [6.07, 6.45) is 5.38. The van der Waals surface area contributed by atoms with E-state index in [1.807, 2.05) is 0 Å². The summed E-state index contributed by atoms with van der Waals surface area (Å²) in [6, 6.07) is -0.687. The van der Waals surface area contributed by atoms with Gasteiger partial charge in [-0.25, -0.2) is 18.5 Å². The van der Waals surface area contributed by atoms with Gasteiger partial charge in [-0.2, -0.15) is 8.62 Å². The van der Waals surface area contributed by atoms with Crippen LogP contribution in [0.1, 0.15) is 13.8 Å². The molecule has 2 heterocycles. The fourth-order valence-corrected chi connectivity index (χ4v) is 6.11. The highest BCUT2D eigenvalue weighted by molar-refractivity contribution is 7.66. The van der Waals surface area contributed by atoms with E-state index < -0.39 is 59.5 Å². The predicted octanol–water partition coefficient (Wildman–Crippen LogP) is 0.498. The number of carbonyl (C=O) groups excluding carboxylic acids is 1. The lowest BCUT2D eigenvalue weighted by atomic mass is 9.78. The quantitative estimate of drug-likeness (QED) is 0.191. The van der Waals surface area contributed by atoms with E-state index in [-0.39, 0.29) is 5.70 Å². The van der Waals surface area contributed by atoms with Gasteiger partial charge in [0.05, 0.1) is 6.61 Å². The number of urea groups is 1. The molecule has 0 aliphatic carbocycles. The minimum Gasteiger partial charge on any atom is -0.388 e. The summed E-state index contributed by atoms with van der Waals surface area (Å²) in [4.78, 5) is 49.3. The maximum absolute atomic E-state index is 12.3. The first-order valence-corrected chi connectivity index (χ1v) is 12.9. The molecule has 18 heteroatoms. The minimum absolute atomic E-state index is 0.280. The highest BCUT2D eigenvalue weighted by Gasteiger charge is 2.62. The van der Waals surface area contributed by atoms with Gasteiger partial charge < -0.3 is 34.7 Å². The van der Waals surface area contributed by atoms with E-state index in [4.69, 9.17) is 20.9 Å². The van der Waals surface area contributed by atoms with Gasteiger partial charge in [0.25, 0.3) is 0 Å². The van der Waals surface area contributed by atoms with Crippen molar-refractivity contribution in [2.45, 2.75) is 31.8 Å². The Morgan fingerprint density at radius 2 is 1.84 bits per heavy atom. The molecular formula is C14H21N2O13P3. The Labute approximate surface area is 182 Å². The number of ether oxygens (including phenoxy) is 1. The van der Waals surface area contributed by atoms with Crippen molar-refractivity contribution in [2.75, 3.05) is 6.61 Å². The third-order valence-corrected chi connectivity index (χ3v) is 8.26. The number of phosphoric ester groups is 1. The van der Waals surface area contributed by atoms with Gasteiger partial charge in [0.2, 0.25) is 0 Å². The number of phosphoric acid groups is 3. The lowest BCUT2D eigenvalue weighted by Crippen LogP contribution is -2.51. The van der Waals surface area contributed by atoms with Gasteiger partial charge in [-0.05, 0) is 19.9 Å². The van der Waals surface area contributed by atoms with Crippen molar-refractivity contribution in [3.05, 3.63) is 24.6 Å².